The third-order valence-electron chi connectivity index (χ3n) is 9.94. The van der Waals surface area contributed by atoms with Gasteiger partial charge in [0.25, 0.3) is 0 Å². The lowest BCUT2D eigenvalue weighted by atomic mass is 10.0. The van der Waals surface area contributed by atoms with Gasteiger partial charge in [0.15, 0.2) is 0 Å². The van der Waals surface area contributed by atoms with Crippen LogP contribution < -0.4 is 11.1 Å². The van der Waals surface area contributed by atoms with Gasteiger partial charge in [0.1, 0.15) is 12.1 Å². The molecule has 0 bridgehead atoms. The number of hydrogen-bond acceptors (Lipinski definition) is 5. The van der Waals surface area contributed by atoms with E-state index >= 15 is 0 Å². The molecule has 0 aliphatic rings. The van der Waals surface area contributed by atoms with Crippen molar-refractivity contribution < 1.29 is 24.2 Å². The van der Waals surface area contributed by atoms with Crippen molar-refractivity contribution in [2.75, 3.05) is 6.54 Å². The predicted octanol–water partition coefficient (Wildman–Crippen LogP) is 13.7. The molecule has 1 amide bonds. The fourth-order valence-electron chi connectivity index (χ4n) is 6.49. The topological polar surface area (TPSA) is 119 Å². The van der Waals surface area contributed by atoms with E-state index < -0.39 is 12.0 Å². The first-order valence-corrected chi connectivity index (χ1v) is 23.4. The summed E-state index contributed by atoms with van der Waals surface area (Å²) in [5, 5.41) is 11.9. The van der Waals surface area contributed by atoms with Crippen LogP contribution in [0.3, 0.4) is 0 Å². The summed E-state index contributed by atoms with van der Waals surface area (Å²) in [7, 11) is 0. The fourth-order valence-corrected chi connectivity index (χ4v) is 6.49. The standard InChI is InChI=1S/C51H86N2O5/c1-3-5-7-9-11-13-14-15-16-17-18-19-20-21-22-23-24-25-26-27-29-35-39-45-50(55)58-47(41-36-32-28-12-10-8-6-4-2)42-37-33-30-31-34-38-44-49(54)53-48(51(56)57)43-40-46-52/h5-8,11-13,15-16,18-19,28,36,41,47-48H,3-4,9-10,14,17,20-27,29-35,37-40,42-46,52H2,1-2H3,(H,53,54)(H,56,57)/b7-5-,8-6-,13-11-,16-15-,19-18-,28-12-,41-36-. The molecule has 0 fully saturated rings. The molecule has 7 heteroatoms. The fraction of sp³-hybridized carbons (Fsp3) is 0.667. The van der Waals surface area contributed by atoms with Crippen molar-refractivity contribution in [2.45, 2.75) is 212 Å². The van der Waals surface area contributed by atoms with Gasteiger partial charge in [0, 0.05) is 12.8 Å². The van der Waals surface area contributed by atoms with Gasteiger partial charge in [-0.3, -0.25) is 9.59 Å². The Labute approximate surface area is 355 Å². The van der Waals surface area contributed by atoms with E-state index in [9.17, 15) is 19.5 Å². The lowest BCUT2D eigenvalue weighted by Gasteiger charge is -2.15. The molecule has 0 saturated carbocycles. The Morgan fingerprint density at radius 2 is 0.948 bits per heavy atom. The number of nitrogens with one attached hydrogen (secondary N) is 1. The second-order valence-corrected chi connectivity index (χ2v) is 15.4. The molecule has 0 aromatic carbocycles. The maximum atomic E-state index is 12.8. The Morgan fingerprint density at radius 1 is 0.517 bits per heavy atom. The lowest BCUT2D eigenvalue weighted by Crippen LogP contribution is -2.40. The summed E-state index contributed by atoms with van der Waals surface area (Å²) in [5.41, 5.74) is 5.48. The van der Waals surface area contributed by atoms with Gasteiger partial charge in [0.05, 0.1) is 0 Å². The van der Waals surface area contributed by atoms with E-state index in [-0.39, 0.29) is 18.0 Å². The molecule has 0 aliphatic heterocycles. The highest BCUT2D eigenvalue weighted by atomic mass is 16.5. The quantitative estimate of drug-likeness (QED) is 0.0322. The highest BCUT2D eigenvalue weighted by Crippen LogP contribution is 2.16. The van der Waals surface area contributed by atoms with E-state index in [2.05, 4.69) is 104 Å². The molecular formula is C51H86N2O5. The molecule has 4 N–H and O–H groups in total. The van der Waals surface area contributed by atoms with Crippen LogP contribution in [-0.4, -0.2) is 41.6 Å². The molecule has 7 nitrogen and oxygen atoms in total. The Morgan fingerprint density at radius 3 is 1.45 bits per heavy atom. The van der Waals surface area contributed by atoms with Crippen molar-refractivity contribution in [1.82, 2.24) is 5.32 Å². The Hall–Kier alpha value is -3.45. The van der Waals surface area contributed by atoms with E-state index in [4.69, 9.17) is 10.5 Å². The van der Waals surface area contributed by atoms with Gasteiger partial charge >= 0.3 is 11.9 Å². The summed E-state index contributed by atoms with van der Waals surface area (Å²) >= 11 is 0. The van der Waals surface area contributed by atoms with E-state index in [1.54, 1.807) is 0 Å². The van der Waals surface area contributed by atoms with Crippen molar-refractivity contribution in [3.8, 4) is 0 Å². The molecule has 58 heavy (non-hydrogen) atoms. The van der Waals surface area contributed by atoms with Gasteiger partial charge in [-0.05, 0) is 109 Å². The van der Waals surface area contributed by atoms with Gasteiger partial charge in [-0.2, -0.15) is 0 Å². The number of allylic oxidation sites excluding steroid dienone is 13. The Kier molecular flexibility index (Phi) is 42.0. The molecule has 0 heterocycles. The van der Waals surface area contributed by atoms with Crippen molar-refractivity contribution in [3.05, 3.63) is 85.1 Å². The SMILES string of the molecule is CC/C=C\C/C=C\C/C=C\C/C=C\CCCCCCCCCCCCC(=O)OC(/C=C\C/C=C\C/C=C\CC)CCCCCCCCC(=O)NC(CCCN)C(=O)O. The van der Waals surface area contributed by atoms with Crippen LogP contribution in [-0.2, 0) is 19.1 Å². The minimum absolute atomic E-state index is 0.0911. The smallest absolute Gasteiger partial charge is 0.326 e. The molecule has 2 unspecified atom stereocenters. The first-order chi connectivity index (χ1) is 28.4. The number of hydrogen-bond donors (Lipinski definition) is 3. The van der Waals surface area contributed by atoms with E-state index in [0.717, 1.165) is 103 Å². The number of carboxylic acids is 1. The van der Waals surface area contributed by atoms with Gasteiger partial charge in [0.2, 0.25) is 5.91 Å². The number of rotatable bonds is 41. The normalized spacial score (nSPS) is 13.4. The number of esters is 1. The zero-order chi connectivity index (χ0) is 42.4. The average molecular weight is 807 g/mol. The van der Waals surface area contributed by atoms with Crippen LogP contribution >= 0.6 is 0 Å². The average Bonchev–Trinajstić information content (AvgIpc) is 3.21. The summed E-state index contributed by atoms with van der Waals surface area (Å²) < 4.78 is 5.94. The summed E-state index contributed by atoms with van der Waals surface area (Å²) in [6, 6.07) is -0.861. The van der Waals surface area contributed by atoms with Crippen LogP contribution in [0.1, 0.15) is 200 Å². The summed E-state index contributed by atoms with van der Waals surface area (Å²) in [5.74, 6) is -1.31. The zero-order valence-electron chi connectivity index (χ0n) is 37.1. The highest BCUT2D eigenvalue weighted by molar-refractivity contribution is 5.83. The van der Waals surface area contributed by atoms with Gasteiger partial charge in [-0.1, -0.05) is 170 Å². The second-order valence-electron chi connectivity index (χ2n) is 15.4. The number of amides is 1. The number of carboxylic acid groups (broad SMARTS) is 1. The largest absolute Gasteiger partial charge is 0.480 e. The molecule has 0 radical (unpaired) electrons. The van der Waals surface area contributed by atoms with Crippen LogP contribution in [0.5, 0.6) is 0 Å². The Balaban J connectivity index is 4.17. The van der Waals surface area contributed by atoms with Crippen LogP contribution in [0.25, 0.3) is 0 Å². The van der Waals surface area contributed by atoms with Crippen molar-refractivity contribution >= 4 is 17.8 Å². The first kappa shape index (κ1) is 54.6. The monoisotopic (exact) mass is 807 g/mol. The maximum absolute atomic E-state index is 12.8. The molecule has 2 atom stereocenters. The number of ether oxygens (including phenoxy) is 1. The van der Waals surface area contributed by atoms with Crippen molar-refractivity contribution in [1.29, 1.82) is 0 Å². The second kappa shape index (κ2) is 44.6. The van der Waals surface area contributed by atoms with Crippen molar-refractivity contribution in [2.24, 2.45) is 5.73 Å². The molecule has 0 aromatic heterocycles. The summed E-state index contributed by atoms with van der Waals surface area (Å²) in [6.07, 6.45) is 59.5. The van der Waals surface area contributed by atoms with E-state index in [1.165, 1.54) is 57.8 Å². The number of nitrogens with two attached hydrogens (primary N) is 1. The molecule has 0 saturated heterocycles. The number of carbonyl (C=O) groups is 3. The van der Waals surface area contributed by atoms with Gasteiger partial charge in [-0.25, -0.2) is 4.79 Å². The van der Waals surface area contributed by atoms with Gasteiger partial charge in [-0.15, -0.1) is 0 Å². The third-order valence-corrected chi connectivity index (χ3v) is 9.94. The number of carbonyl (C=O) groups excluding carboxylic acids is 2. The predicted molar refractivity (Wildman–Crippen MR) is 248 cm³/mol. The highest BCUT2D eigenvalue weighted by Gasteiger charge is 2.18. The minimum atomic E-state index is -1.01. The van der Waals surface area contributed by atoms with Crippen LogP contribution in [0, 0.1) is 0 Å². The molecule has 0 aliphatic carbocycles. The molecule has 0 spiro atoms. The molecule has 0 aromatic rings. The van der Waals surface area contributed by atoms with Crippen molar-refractivity contribution in [3.63, 3.8) is 0 Å². The summed E-state index contributed by atoms with van der Waals surface area (Å²) in [6.45, 7) is 4.71. The molecule has 0 rings (SSSR count). The minimum Gasteiger partial charge on any atom is -0.480 e. The zero-order valence-corrected chi connectivity index (χ0v) is 37.1. The molecular weight excluding hydrogens is 721 g/mol. The first-order valence-electron chi connectivity index (χ1n) is 23.4. The lowest BCUT2D eigenvalue weighted by molar-refractivity contribution is -0.147. The third kappa shape index (κ3) is 40.7. The van der Waals surface area contributed by atoms with Gasteiger partial charge < -0.3 is 20.9 Å². The number of aliphatic carboxylic acids is 1. The molecule has 330 valence electrons. The van der Waals surface area contributed by atoms with Crippen LogP contribution in [0.4, 0.5) is 0 Å². The van der Waals surface area contributed by atoms with E-state index in [0.29, 0.717) is 32.2 Å². The Bertz CT molecular complexity index is 1180. The van der Waals surface area contributed by atoms with Crippen LogP contribution in [0.2, 0.25) is 0 Å². The summed E-state index contributed by atoms with van der Waals surface area (Å²) in [4.78, 5) is 36.3. The van der Waals surface area contributed by atoms with E-state index in [1.807, 2.05) is 0 Å². The van der Waals surface area contributed by atoms with Crippen LogP contribution in [0.15, 0.2) is 85.1 Å². The number of unbranched alkanes of at least 4 members (excludes halogenated alkanes) is 15. The maximum Gasteiger partial charge on any atom is 0.326 e.